The molecule has 3 heteroatoms. The summed E-state index contributed by atoms with van der Waals surface area (Å²) in [5.74, 6) is 0.273. The van der Waals surface area contributed by atoms with Gasteiger partial charge in [0.1, 0.15) is 5.78 Å². The van der Waals surface area contributed by atoms with Crippen molar-refractivity contribution in [2.24, 2.45) is 0 Å². The molecule has 1 aromatic carbocycles. The summed E-state index contributed by atoms with van der Waals surface area (Å²) in [5, 5.41) is 0.629. The van der Waals surface area contributed by atoms with Crippen LogP contribution in [0, 0.1) is 0 Å². The molecule has 0 aliphatic heterocycles. The van der Waals surface area contributed by atoms with Gasteiger partial charge in [-0.1, -0.05) is 28.8 Å². The van der Waals surface area contributed by atoms with Crippen LogP contribution < -0.4 is 0 Å². The molecular formula is C20H25ClO2. The lowest BCUT2D eigenvalue weighted by Gasteiger charge is -2.10. The Bertz CT molecular complexity index is 618. The molecular weight excluding hydrogens is 308 g/mol. The first-order chi connectivity index (χ1) is 10.8. The molecule has 0 spiro atoms. The summed E-state index contributed by atoms with van der Waals surface area (Å²) in [5.41, 5.74) is 3.78. The van der Waals surface area contributed by atoms with Crippen molar-refractivity contribution < 1.29 is 9.59 Å². The van der Waals surface area contributed by atoms with E-state index in [-0.39, 0.29) is 11.6 Å². The number of hydrogen-bond acceptors (Lipinski definition) is 2. The monoisotopic (exact) mass is 332 g/mol. The molecule has 0 amide bonds. The van der Waals surface area contributed by atoms with Crippen molar-refractivity contribution in [2.45, 2.75) is 53.4 Å². The fourth-order valence-corrected chi connectivity index (χ4v) is 2.44. The van der Waals surface area contributed by atoms with Crippen LogP contribution in [0.2, 0.25) is 5.02 Å². The number of benzene rings is 1. The first-order valence-corrected chi connectivity index (χ1v) is 8.30. The standard InChI is InChI=1S/C20H25ClO2/c1-14(2)19(13-8-15(3)6-5-7-16(4)22)20(23)17-9-11-18(21)12-10-17/h6,9-12H,5,7-8,13H2,1-4H3/b15-6+. The van der Waals surface area contributed by atoms with Crippen molar-refractivity contribution >= 4 is 23.2 Å². The molecule has 1 rings (SSSR count). The summed E-state index contributed by atoms with van der Waals surface area (Å²) in [4.78, 5) is 23.6. The maximum atomic E-state index is 12.6. The van der Waals surface area contributed by atoms with Crippen LogP contribution in [-0.2, 0) is 4.79 Å². The molecule has 0 unspecified atom stereocenters. The number of hydrogen-bond donors (Lipinski definition) is 0. The Morgan fingerprint density at radius 2 is 1.57 bits per heavy atom. The zero-order valence-corrected chi connectivity index (χ0v) is 15.2. The molecule has 0 heterocycles. The Balaban J connectivity index is 2.73. The van der Waals surface area contributed by atoms with Gasteiger partial charge in [0, 0.05) is 17.0 Å². The SMILES string of the molecule is CC(=O)CC/C=C(\C)CCC(C(=O)c1ccc(Cl)cc1)=C(C)C. The largest absolute Gasteiger partial charge is 0.300 e. The molecule has 0 aromatic heterocycles. The molecule has 0 aliphatic carbocycles. The fourth-order valence-electron chi connectivity index (χ4n) is 2.31. The molecule has 124 valence electrons. The second-order valence-electron chi connectivity index (χ2n) is 6.11. The van der Waals surface area contributed by atoms with Crippen LogP contribution in [0.15, 0.2) is 47.1 Å². The Kier molecular flexibility index (Phi) is 7.97. The molecule has 2 nitrogen and oxygen atoms in total. The van der Waals surface area contributed by atoms with Crippen LogP contribution in [0.1, 0.15) is 63.7 Å². The average Bonchev–Trinajstić information content (AvgIpc) is 2.47. The van der Waals surface area contributed by atoms with Gasteiger partial charge in [0.25, 0.3) is 0 Å². The number of halogens is 1. The van der Waals surface area contributed by atoms with Crippen molar-refractivity contribution in [1.82, 2.24) is 0 Å². The third kappa shape index (κ3) is 6.96. The van der Waals surface area contributed by atoms with Crippen LogP contribution in [0.25, 0.3) is 0 Å². The summed E-state index contributed by atoms with van der Waals surface area (Å²) in [7, 11) is 0. The number of allylic oxidation sites excluding steroid dienone is 4. The van der Waals surface area contributed by atoms with Gasteiger partial charge >= 0.3 is 0 Å². The summed E-state index contributed by atoms with van der Waals surface area (Å²) >= 11 is 5.88. The minimum Gasteiger partial charge on any atom is -0.300 e. The van der Waals surface area contributed by atoms with Crippen molar-refractivity contribution in [1.29, 1.82) is 0 Å². The normalized spacial score (nSPS) is 11.3. The van der Waals surface area contributed by atoms with E-state index in [9.17, 15) is 9.59 Å². The molecule has 0 aliphatic rings. The van der Waals surface area contributed by atoms with Crippen LogP contribution in [0.3, 0.4) is 0 Å². The third-order valence-corrected chi connectivity index (χ3v) is 3.99. The van der Waals surface area contributed by atoms with Crippen molar-refractivity contribution in [3.05, 3.63) is 57.6 Å². The molecule has 0 N–H and O–H groups in total. The zero-order valence-electron chi connectivity index (χ0n) is 14.4. The van der Waals surface area contributed by atoms with Crippen LogP contribution in [0.5, 0.6) is 0 Å². The van der Waals surface area contributed by atoms with E-state index < -0.39 is 0 Å². The Morgan fingerprint density at radius 1 is 0.957 bits per heavy atom. The van der Waals surface area contributed by atoms with Gasteiger partial charge in [-0.15, -0.1) is 0 Å². The highest BCUT2D eigenvalue weighted by atomic mass is 35.5. The van der Waals surface area contributed by atoms with E-state index in [1.165, 1.54) is 5.57 Å². The lowest BCUT2D eigenvalue weighted by Crippen LogP contribution is -2.05. The van der Waals surface area contributed by atoms with Crippen LogP contribution in [0.4, 0.5) is 0 Å². The fraction of sp³-hybridized carbons (Fsp3) is 0.400. The van der Waals surface area contributed by atoms with Gasteiger partial charge in [-0.05, 0) is 76.8 Å². The maximum Gasteiger partial charge on any atom is 0.188 e. The first-order valence-electron chi connectivity index (χ1n) is 7.93. The highest BCUT2D eigenvalue weighted by molar-refractivity contribution is 6.30. The number of Topliss-reactive ketones (excluding diaryl/α,β-unsaturated/α-hetero) is 2. The van der Waals surface area contributed by atoms with Crippen molar-refractivity contribution in [2.75, 3.05) is 0 Å². The van der Waals surface area contributed by atoms with Crippen LogP contribution >= 0.6 is 11.6 Å². The van der Waals surface area contributed by atoms with Crippen molar-refractivity contribution in [3.63, 3.8) is 0 Å². The van der Waals surface area contributed by atoms with E-state index in [0.717, 1.165) is 24.0 Å². The molecule has 0 saturated heterocycles. The van der Waals surface area contributed by atoms with Crippen molar-refractivity contribution in [3.8, 4) is 0 Å². The number of carbonyl (C=O) groups is 2. The van der Waals surface area contributed by atoms with Gasteiger partial charge in [-0.3, -0.25) is 4.79 Å². The predicted molar refractivity (Wildman–Crippen MR) is 97.1 cm³/mol. The van der Waals surface area contributed by atoms with E-state index >= 15 is 0 Å². The summed E-state index contributed by atoms with van der Waals surface area (Å²) in [6.45, 7) is 7.60. The van der Waals surface area contributed by atoms with Gasteiger partial charge in [0.05, 0.1) is 0 Å². The average molecular weight is 333 g/mol. The van der Waals surface area contributed by atoms with Gasteiger partial charge < -0.3 is 4.79 Å². The summed E-state index contributed by atoms with van der Waals surface area (Å²) in [6.07, 6.45) is 4.99. The molecule has 0 bridgehead atoms. The quantitative estimate of drug-likeness (QED) is 0.334. The summed E-state index contributed by atoms with van der Waals surface area (Å²) in [6, 6.07) is 7.01. The lowest BCUT2D eigenvalue weighted by atomic mass is 9.94. The topological polar surface area (TPSA) is 34.1 Å². The number of carbonyl (C=O) groups excluding carboxylic acids is 2. The Labute approximate surface area is 144 Å². The second-order valence-corrected chi connectivity index (χ2v) is 6.54. The zero-order chi connectivity index (χ0) is 17.4. The number of ketones is 2. The Hall–Kier alpha value is -1.67. The molecule has 0 fully saturated rings. The molecule has 1 aromatic rings. The molecule has 0 saturated carbocycles. The van der Waals surface area contributed by atoms with E-state index in [0.29, 0.717) is 23.4 Å². The highest BCUT2D eigenvalue weighted by Gasteiger charge is 2.13. The maximum absolute atomic E-state index is 12.6. The van der Waals surface area contributed by atoms with Gasteiger partial charge in [-0.2, -0.15) is 0 Å². The molecule has 23 heavy (non-hydrogen) atoms. The molecule has 0 atom stereocenters. The minimum absolute atomic E-state index is 0.0678. The van der Waals surface area contributed by atoms with Gasteiger partial charge in [-0.25, -0.2) is 0 Å². The predicted octanol–water partition coefficient (Wildman–Crippen LogP) is 5.95. The molecule has 0 radical (unpaired) electrons. The third-order valence-electron chi connectivity index (χ3n) is 3.74. The smallest absolute Gasteiger partial charge is 0.188 e. The second kappa shape index (κ2) is 9.46. The van der Waals surface area contributed by atoms with E-state index in [1.54, 1.807) is 31.2 Å². The highest BCUT2D eigenvalue weighted by Crippen LogP contribution is 2.21. The number of rotatable bonds is 8. The van der Waals surface area contributed by atoms with E-state index in [2.05, 4.69) is 13.0 Å². The lowest BCUT2D eigenvalue weighted by molar-refractivity contribution is -0.116. The van der Waals surface area contributed by atoms with E-state index in [4.69, 9.17) is 11.6 Å². The Morgan fingerprint density at radius 3 is 2.09 bits per heavy atom. The first kappa shape index (κ1) is 19.4. The van der Waals surface area contributed by atoms with E-state index in [1.807, 2.05) is 13.8 Å². The minimum atomic E-state index is 0.0678. The summed E-state index contributed by atoms with van der Waals surface area (Å²) < 4.78 is 0. The van der Waals surface area contributed by atoms with Gasteiger partial charge in [0.15, 0.2) is 5.78 Å². The van der Waals surface area contributed by atoms with Crippen LogP contribution in [-0.4, -0.2) is 11.6 Å². The van der Waals surface area contributed by atoms with Gasteiger partial charge in [0.2, 0.25) is 0 Å².